The minimum atomic E-state index is -0.314. The van der Waals surface area contributed by atoms with Gasteiger partial charge in [-0.15, -0.1) is 11.3 Å². The maximum atomic E-state index is 13.5. The lowest BCUT2D eigenvalue weighted by Crippen LogP contribution is -2.50. The van der Waals surface area contributed by atoms with Crippen LogP contribution < -0.4 is 10.6 Å². The number of nitrogens with one attached hydrogen (secondary N) is 2. The summed E-state index contributed by atoms with van der Waals surface area (Å²) in [5.74, 6) is 0.149. The highest BCUT2D eigenvalue weighted by atomic mass is 32.1. The second-order valence-corrected chi connectivity index (χ2v) is 9.56. The molecule has 1 aliphatic rings. The van der Waals surface area contributed by atoms with Crippen molar-refractivity contribution in [3.05, 3.63) is 65.7 Å². The van der Waals surface area contributed by atoms with Gasteiger partial charge in [-0.25, -0.2) is 9.97 Å². The van der Waals surface area contributed by atoms with Crippen LogP contribution in [0.3, 0.4) is 0 Å². The average molecular weight is 505 g/mol. The molecule has 0 unspecified atom stereocenters. The molecule has 2 aromatic heterocycles. The maximum Gasteiger partial charge on any atom is 0.254 e. The number of nitrogens with zero attached hydrogens (tertiary/aromatic N) is 4. The summed E-state index contributed by atoms with van der Waals surface area (Å²) >= 11 is 1.49. The Hall–Kier alpha value is -4.05. The third-order valence-electron chi connectivity index (χ3n) is 5.76. The van der Waals surface area contributed by atoms with Crippen molar-refractivity contribution in [1.29, 1.82) is 0 Å². The van der Waals surface area contributed by atoms with Gasteiger partial charge in [0.1, 0.15) is 5.82 Å². The van der Waals surface area contributed by atoms with Crippen molar-refractivity contribution in [2.75, 3.05) is 36.8 Å². The highest BCUT2D eigenvalue weighted by Crippen LogP contribution is 2.27. The van der Waals surface area contributed by atoms with Crippen molar-refractivity contribution in [2.45, 2.75) is 20.3 Å². The first-order chi connectivity index (χ1) is 17.4. The number of carbonyl (C=O) groups excluding carboxylic acids is 3. The minimum absolute atomic E-state index is 0.0990. The summed E-state index contributed by atoms with van der Waals surface area (Å²) in [6.07, 6.45) is 3.43. The molecule has 0 aliphatic carbocycles. The van der Waals surface area contributed by atoms with Gasteiger partial charge in [0.15, 0.2) is 5.13 Å². The van der Waals surface area contributed by atoms with Crippen LogP contribution in [0.1, 0.15) is 28.6 Å². The molecule has 3 aromatic rings. The van der Waals surface area contributed by atoms with E-state index in [4.69, 9.17) is 4.98 Å². The van der Waals surface area contributed by atoms with Crippen molar-refractivity contribution in [3.8, 4) is 11.3 Å². The zero-order valence-electron chi connectivity index (χ0n) is 20.3. The van der Waals surface area contributed by atoms with Crippen molar-refractivity contribution >= 4 is 45.7 Å². The fourth-order valence-electron chi connectivity index (χ4n) is 3.90. The van der Waals surface area contributed by atoms with Gasteiger partial charge in [-0.1, -0.05) is 25.6 Å². The van der Waals surface area contributed by atoms with Crippen LogP contribution >= 0.6 is 11.3 Å². The molecule has 3 amide bonds. The highest BCUT2D eigenvalue weighted by Gasteiger charge is 2.25. The maximum absolute atomic E-state index is 13.5. The lowest BCUT2D eigenvalue weighted by atomic mass is 10.1. The second-order valence-electron chi connectivity index (χ2n) is 8.33. The number of carbonyl (C=O) groups is 3. The SMILES string of the molecule is C=CC(=O)Nc1cccc(-c2cc(C(=O)N3CCN(C(=O)CC)CC3)cc(Nc3ncc(C)s3)n2)c1. The van der Waals surface area contributed by atoms with Gasteiger partial charge in [0.05, 0.1) is 5.69 Å². The fraction of sp³-hybridized carbons (Fsp3) is 0.269. The summed E-state index contributed by atoms with van der Waals surface area (Å²) in [4.78, 5) is 50.9. The highest BCUT2D eigenvalue weighted by molar-refractivity contribution is 7.15. The summed E-state index contributed by atoms with van der Waals surface area (Å²) < 4.78 is 0. The van der Waals surface area contributed by atoms with E-state index in [1.807, 2.05) is 26.0 Å². The number of benzene rings is 1. The van der Waals surface area contributed by atoms with E-state index < -0.39 is 0 Å². The van der Waals surface area contributed by atoms with E-state index in [1.54, 1.807) is 40.3 Å². The van der Waals surface area contributed by atoms with E-state index >= 15 is 0 Å². The Morgan fingerprint density at radius 1 is 1.11 bits per heavy atom. The predicted octanol–water partition coefficient (Wildman–Crippen LogP) is 4.08. The van der Waals surface area contributed by atoms with E-state index in [-0.39, 0.29) is 17.7 Å². The number of aryl methyl sites for hydroxylation is 1. The molecule has 186 valence electrons. The molecule has 2 N–H and O–H groups in total. The van der Waals surface area contributed by atoms with Gasteiger partial charge in [0.25, 0.3) is 5.91 Å². The van der Waals surface area contributed by atoms with Gasteiger partial charge >= 0.3 is 0 Å². The van der Waals surface area contributed by atoms with E-state index in [1.165, 1.54) is 17.4 Å². The molecule has 36 heavy (non-hydrogen) atoms. The zero-order valence-corrected chi connectivity index (χ0v) is 21.1. The second kappa shape index (κ2) is 11.1. The molecular weight excluding hydrogens is 476 g/mol. The van der Waals surface area contributed by atoms with Crippen molar-refractivity contribution in [3.63, 3.8) is 0 Å². The number of thiazole rings is 1. The zero-order chi connectivity index (χ0) is 25.7. The number of piperazine rings is 1. The van der Waals surface area contributed by atoms with Gasteiger partial charge in [-0.2, -0.15) is 0 Å². The van der Waals surface area contributed by atoms with Crippen molar-refractivity contribution in [2.24, 2.45) is 0 Å². The van der Waals surface area contributed by atoms with E-state index in [0.29, 0.717) is 60.5 Å². The Kier molecular flexibility index (Phi) is 7.74. The van der Waals surface area contributed by atoms with Crippen molar-refractivity contribution in [1.82, 2.24) is 19.8 Å². The molecular formula is C26H28N6O3S. The van der Waals surface area contributed by atoms with Gasteiger partial charge in [-0.3, -0.25) is 14.4 Å². The average Bonchev–Trinajstić information content (AvgIpc) is 3.31. The van der Waals surface area contributed by atoms with Gasteiger partial charge in [0.2, 0.25) is 11.8 Å². The number of hydrogen-bond acceptors (Lipinski definition) is 7. The molecule has 1 aromatic carbocycles. The van der Waals surface area contributed by atoms with Crippen LogP contribution in [0.15, 0.2) is 55.3 Å². The van der Waals surface area contributed by atoms with Crippen LogP contribution in [0.25, 0.3) is 11.3 Å². The monoisotopic (exact) mass is 504 g/mol. The smallest absolute Gasteiger partial charge is 0.254 e. The number of amides is 3. The summed E-state index contributed by atoms with van der Waals surface area (Å²) in [6.45, 7) is 9.27. The van der Waals surface area contributed by atoms with Gasteiger partial charge < -0.3 is 20.4 Å². The van der Waals surface area contributed by atoms with Crippen LogP contribution in [-0.4, -0.2) is 63.7 Å². The van der Waals surface area contributed by atoms with Crippen LogP contribution in [0.2, 0.25) is 0 Å². The van der Waals surface area contributed by atoms with Crippen LogP contribution in [0.4, 0.5) is 16.6 Å². The molecule has 1 aliphatic heterocycles. The Morgan fingerprint density at radius 3 is 2.53 bits per heavy atom. The number of rotatable bonds is 7. The Labute approximate surface area is 213 Å². The lowest BCUT2D eigenvalue weighted by molar-refractivity contribution is -0.132. The first-order valence-electron chi connectivity index (χ1n) is 11.7. The summed E-state index contributed by atoms with van der Waals surface area (Å²) in [7, 11) is 0. The third-order valence-corrected chi connectivity index (χ3v) is 6.59. The molecule has 1 saturated heterocycles. The Morgan fingerprint density at radius 2 is 1.86 bits per heavy atom. The molecule has 10 heteroatoms. The molecule has 0 spiro atoms. The molecule has 0 atom stereocenters. The first-order valence-corrected chi connectivity index (χ1v) is 12.5. The largest absolute Gasteiger partial charge is 0.339 e. The number of pyridine rings is 1. The number of aromatic nitrogens is 2. The Balaban J connectivity index is 1.64. The summed E-state index contributed by atoms with van der Waals surface area (Å²) in [6, 6.07) is 10.7. The molecule has 9 nitrogen and oxygen atoms in total. The minimum Gasteiger partial charge on any atom is -0.339 e. The molecule has 3 heterocycles. The summed E-state index contributed by atoms with van der Waals surface area (Å²) in [5.41, 5.74) is 2.39. The van der Waals surface area contributed by atoms with E-state index in [9.17, 15) is 14.4 Å². The van der Waals surface area contributed by atoms with Crippen LogP contribution in [-0.2, 0) is 9.59 Å². The fourth-order valence-corrected chi connectivity index (χ4v) is 4.57. The molecule has 4 rings (SSSR count). The van der Waals surface area contributed by atoms with E-state index in [0.717, 1.165) is 10.4 Å². The van der Waals surface area contributed by atoms with Crippen LogP contribution in [0.5, 0.6) is 0 Å². The molecule has 0 radical (unpaired) electrons. The lowest BCUT2D eigenvalue weighted by Gasteiger charge is -2.34. The van der Waals surface area contributed by atoms with Gasteiger partial charge in [0, 0.05) is 60.5 Å². The molecule has 1 fully saturated rings. The quantitative estimate of drug-likeness (QED) is 0.470. The Bertz CT molecular complexity index is 1300. The number of hydrogen-bond donors (Lipinski definition) is 2. The standard InChI is InChI=1S/C26H28N6O3S/c1-4-23(33)28-20-8-6-7-18(13-20)21-14-19(15-22(29-21)30-26-27-16-17(3)36-26)25(35)32-11-9-31(10-12-32)24(34)5-2/h4,6-8,13-16H,1,5,9-12H2,2-3H3,(H,28,33)(H,27,29,30). The topological polar surface area (TPSA) is 108 Å². The number of anilines is 3. The normalized spacial score (nSPS) is 13.3. The third kappa shape index (κ3) is 5.95. The molecule has 0 bridgehead atoms. The van der Waals surface area contributed by atoms with E-state index in [2.05, 4.69) is 22.2 Å². The van der Waals surface area contributed by atoms with Crippen LogP contribution in [0, 0.1) is 6.92 Å². The summed E-state index contributed by atoms with van der Waals surface area (Å²) in [5, 5.41) is 6.63. The molecule has 0 saturated carbocycles. The first kappa shape index (κ1) is 25.1. The predicted molar refractivity (Wildman–Crippen MR) is 141 cm³/mol. The van der Waals surface area contributed by atoms with Gasteiger partial charge in [-0.05, 0) is 37.3 Å². The van der Waals surface area contributed by atoms with Crippen molar-refractivity contribution < 1.29 is 14.4 Å².